The molecule has 1 heterocycles. The standard InChI is InChI=1S/C11H18N2O3S/c1-8(2)6-17-7-10-12-11(16-13-10)4-9(14)5-15-3/h8H,4-7H2,1-3H3. The van der Waals surface area contributed by atoms with E-state index in [-0.39, 0.29) is 18.8 Å². The molecule has 17 heavy (non-hydrogen) atoms. The van der Waals surface area contributed by atoms with Crippen LogP contribution in [-0.4, -0.2) is 35.4 Å². The molecule has 5 nitrogen and oxygen atoms in total. The number of carbonyl (C=O) groups is 1. The fraction of sp³-hybridized carbons (Fsp3) is 0.727. The Morgan fingerprint density at radius 2 is 2.29 bits per heavy atom. The number of rotatable bonds is 8. The Balaban J connectivity index is 2.34. The molecule has 0 N–H and O–H groups in total. The maximum atomic E-state index is 11.3. The third-order valence-corrected chi connectivity index (χ3v) is 3.21. The van der Waals surface area contributed by atoms with Crippen molar-refractivity contribution in [3.63, 3.8) is 0 Å². The van der Waals surface area contributed by atoms with Crippen molar-refractivity contribution in [1.29, 1.82) is 0 Å². The maximum absolute atomic E-state index is 11.3. The molecule has 1 aromatic heterocycles. The molecule has 0 fully saturated rings. The van der Waals surface area contributed by atoms with Crippen LogP contribution in [0.25, 0.3) is 0 Å². The molecule has 0 aromatic carbocycles. The van der Waals surface area contributed by atoms with E-state index < -0.39 is 0 Å². The second kappa shape index (κ2) is 7.45. The van der Waals surface area contributed by atoms with Crippen molar-refractivity contribution in [2.24, 2.45) is 5.92 Å². The fourth-order valence-electron chi connectivity index (χ4n) is 1.19. The third-order valence-electron chi connectivity index (χ3n) is 1.85. The predicted molar refractivity (Wildman–Crippen MR) is 65.9 cm³/mol. The van der Waals surface area contributed by atoms with Gasteiger partial charge in [0.2, 0.25) is 5.89 Å². The van der Waals surface area contributed by atoms with Gasteiger partial charge in [-0.15, -0.1) is 0 Å². The lowest BCUT2D eigenvalue weighted by Gasteiger charge is -2.00. The van der Waals surface area contributed by atoms with E-state index in [1.807, 2.05) is 0 Å². The van der Waals surface area contributed by atoms with Crippen molar-refractivity contribution in [3.8, 4) is 0 Å². The molecule has 0 aliphatic carbocycles. The molecule has 6 heteroatoms. The first-order valence-corrected chi connectivity index (χ1v) is 6.67. The zero-order chi connectivity index (χ0) is 12.7. The molecule has 0 bridgehead atoms. The summed E-state index contributed by atoms with van der Waals surface area (Å²) >= 11 is 1.76. The summed E-state index contributed by atoms with van der Waals surface area (Å²) in [6.45, 7) is 4.41. The van der Waals surface area contributed by atoms with E-state index in [0.29, 0.717) is 17.6 Å². The highest BCUT2D eigenvalue weighted by molar-refractivity contribution is 7.98. The Bertz CT molecular complexity index is 352. The molecule has 0 saturated heterocycles. The number of Topliss-reactive ketones (excluding diaryl/α,β-unsaturated/α-hetero) is 1. The fourth-order valence-corrected chi connectivity index (χ4v) is 2.08. The van der Waals surface area contributed by atoms with Crippen LogP contribution in [0.2, 0.25) is 0 Å². The number of nitrogens with zero attached hydrogens (tertiary/aromatic N) is 2. The minimum absolute atomic E-state index is 0.0578. The number of hydrogen-bond acceptors (Lipinski definition) is 6. The summed E-state index contributed by atoms with van der Waals surface area (Å²) in [6.07, 6.45) is 0.148. The first-order valence-electron chi connectivity index (χ1n) is 5.51. The first kappa shape index (κ1) is 14.2. The van der Waals surface area contributed by atoms with Gasteiger partial charge in [-0.25, -0.2) is 0 Å². The number of hydrogen-bond donors (Lipinski definition) is 0. The number of aromatic nitrogens is 2. The van der Waals surface area contributed by atoms with Crippen LogP contribution in [0.4, 0.5) is 0 Å². The molecule has 0 unspecified atom stereocenters. The van der Waals surface area contributed by atoms with E-state index in [4.69, 9.17) is 9.26 Å². The third kappa shape index (κ3) is 5.83. The highest BCUT2D eigenvalue weighted by atomic mass is 32.2. The molecule has 0 radical (unpaired) electrons. The van der Waals surface area contributed by atoms with E-state index in [1.165, 1.54) is 7.11 Å². The molecule has 0 aliphatic rings. The van der Waals surface area contributed by atoms with Gasteiger partial charge in [-0.05, 0) is 11.7 Å². The topological polar surface area (TPSA) is 65.2 Å². The largest absolute Gasteiger partial charge is 0.377 e. The van der Waals surface area contributed by atoms with Crippen molar-refractivity contribution in [3.05, 3.63) is 11.7 Å². The average Bonchev–Trinajstić information content (AvgIpc) is 2.65. The monoisotopic (exact) mass is 258 g/mol. The Kier molecular flexibility index (Phi) is 6.21. The molecule has 1 rings (SSSR count). The van der Waals surface area contributed by atoms with Gasteiger partial charge in [-0.1, -0.05) is 19.0 Å². The highest BCUT2D eigenvalue weighted by Gasteiger charge is 2.11. The normalized spacial score (nSPS) is 11.1. The van der Waals surface area contributed by atoms with Gasteiger partial charge in [0.25, 0.3) is 0 Å². The maximum Gasteiger partial charge on any atom is 0.234 e. The van der Waals surface area contributed by atoms with E-state index >= 15 is 0 Å². The van der Waals surface area contributed by atoms with E-state index in [9.17, 15) is 4.79 Å². The van der Waals surface area contributed by atoms with Crippen molar-refractivity contribution in [1.82, 2.24) is 10.1 Å². The summed E-state index contributed by atoms with van der Waals surface area (Å²) in [7, 11) is 1.49. The van der Waals surface area contributed by atoms with Gasteiger partial charge < -0.3 is 9.26 Å². The minimum Gasteiger partial charge on any atom is -0.377 e. The molecule has 0 saturated carbocycles. The lowest BCUT2D eigenvalue weighted by atomic mass is 10.3. The smallest absolute Gasteiger partial charge is 0.234 e. The quantitative estimate of drug-likeness (QED) is 0.707. The molecule has 0 aliphatic heterocycles. The summed E-state index contributed by atoms with van der Waals surface area (Å²) < 4.78 is 9.72. The molecule has 0 spiro atoms. The van der Waals surface area contributed by atoms with E-state index in [2.05, 4.69) is 24.0 Å². The second-order valence-corrected chi connectivity index (χ2v) is 5.19. The summed E-state index contributed by atoms with van der Waals surface area (Å²) in [4.78, 5) is 15.4. The number of methoxy groups -OCH3 is 1. The Morgan fingerprint density at radius 3 is 2.94 bits per heavy atom. The van der Waals surface area contributed by atoms with Gasteiger partial charge in [-0.3, -0.25) is 4.79 Å². The van der Waals surface area contributed by atoms with Crippen LogP contribution in [0.5, 0.6) is 0 Å². The van der Waals surface area contributed by atoms with Crippen LogP contribution < -0.4 is 0 Å². The van der Waals surface area contributed by atoms with Gasteiger partial charge in [-0.2, -0.15) is 16.7 Å². The molecular formula is C11H18N2O3S. The summed E-state index contributed by atoms with van der Waals surface area (Å²) in [6, 6.07) is 0. The molecule has 96 valence electrons. The van der Waals surface area contributed by atoms with Crippen LogP contribution >= 0.6 is 11.8 Å². The van der Waals surface area contributed by atoms with E-state index in [0.717, 1.165) is 11.5 Å². The van der Waals surface area contributed by atoms with Crippen molar-refractivity contribution in [2.75, 3.05) is 19.5 Å². The highest BCUT2D eigenvalue weighted by Crippen LogP contribution is 2.13. The Labute approximate surface area is 105 Å². The van der Waals surface area contributed by atoms with Crippen LogP contribution in [0.15, 0.2) is 4.52 Å². The predicted octanol–water partition coefficient (Wildman–Crippen LogP) is 1.72. The minimum atomic E-state index is -0.0578. The lowest BCUT2D eigenvalue weighted by Crippen LogP contribution is -2.09. The molecule has 1 aromatic rings. The zero-order valence-corrected chi connectivity index (χ0v) is 11.2. The number of ketones is 1. The van der Waals surface area contributed by atoms with Crippen molar-refractivity contribution >= 4 is 17.5 Å². The molecule has 0 amide bonds. The van der Waals surface area contributed by atoms with Crippen LogP contribution in [0.3, 0.4) is 0 Å². The zero-order valence-electron chi connectivity index (χ0n) is 10.4. The lowest BCUT2D eigenvalue weighted by molar-refractivity contribution is -0.122. The number of ether oxygens (including phenoxy) is 1. The summed E-state index contributed by atoms with van der Waals surface area (Å²) in [5.41, 5.74) is 0. The first-order chi connectivity index (χ1) is 8.11. The Hall–Kier alpha value is -0.880. The SMILES string of the molecule is COCC(=O)Cc1nc(CSCC(C)C)no1. The molecule has 0 atom stereocenters. The van der Waals surface area contributed by atoms with Crippen molar-refractivity contribution in [2.45, 2.75) is 26.0 Å². The molecular weight excluding hydrogens is 240 g/mol. The van der Waals surface area contributed by atoms with Crippen LogP contribution in [0, 0.1) is 5.92 Å². The van der Waals surface area contributed by atoms with Gasteiger partial charge in [0.15, 0.2) is 11.6 Å². The Morgan fingerprint density at radius 1 is 1.53 bits per heavy atom. The van der Waals surface area contributed by atoms with E-state index in [1.54, 1.807) is 11.8 Å². The summed E-state index contributed by atoms with van der Waals surface area (Å²) in [5, 5.41) is 3.83. The summed E-state index contributed by atoms with van der Waals surface area (Å²) in [5.74, 6) is 3.39. The van der Waals surface area contributed by atoms with Crippen LogP contribution in [0.1, 0.15) is 25.6 Å². The van der Waals surface area contributed by atoms with Gasteiger partial charge in [0.05, 0.1) is 12.2 Å². The van der Waals surface area contributed by atoms with Gasteiger partial charge in [0, 0.05) is 7.11 Å². The van der Waals surface area contributed by atoms with Crippen LogP contribution in [-0.2, 0) is 21.7 Å². The second-order valence-electron chi connectivity index (χ2n) is 4.16. The average molecular weight is 258 g/mol. The van der Waals surface area contributed by atoms with Crippen molar-refractivity contribution < 1.29 is 14.1 Å². The van der Waals surface area contributed by atoms with Gasteiger partial charge >= 0.3 is 0 Å². The van der Waals surface area contributed by atoms with Gasteiger partial charge in [0.1, 0.15) is 6.61 Å². The number of carbonyl (C=O) groups excluding carboxylic acids is 1. The number of thioether (sulfide) groups is 1.